The molecule has 1 aliphatic rings. The van der Waals surface area contributed by atoms with E-state index in [0.29, 0.717) is 17.7 Å². The van der Waals surface area contributed by atoms with Crippen LogP contribution in [0.5, 0.6) is 0 Å². The Bertz CT molecular complexity index is 527. The minimum absolute atomic E-state index is 0.290. The smallest absolute Gasteiger partial charge is 0.307 e. The Kier molecular flexibility index (Phi) is 3.01. The van der Waals surface area contributed by atoms with Gasteiger partial charge >= 0.3 is 5.97 Å². The van der Waals surface area contributed by atoms with Crippen molar-refractivity contribution in [1.29, 1.82) is 0 Å². The molecule has 4 N–H and O–H groups in total. The predicted molar refractivity (Wildman–Crippen MR) is 62.8 cm³/mol. The highest BCUT2D eigenvalue weighted by Gasteiger charge is 2.48. The number of hydrogen-bond donors (Lipinski definition) is 3. The van der Waals surface area contributed by atoms with Crippen LogP contribution in [0.2, 0.25) is 0 Å². The highest BCUT2D eigenvalue weighted by Crippen LogP contribution is 2.39. The highest BCUT2D eigenvalue weighted by molar-refractivity contribution is 5.99. The summed E-state index contributed by atoms with van der Waals surface area (Å²) in [7, 11) is 0. The fourth-order valence-electron chi connectivity index (χ4n) is 1.74. The number of hydrogen-bond acceptors (Lipinski definition) is 3. The third kappa shape index (κ3) is 2.48. The molecule has 1 aromatic rings. The van der Waals surface area contributed by atoms with Crippen molar-refractivity contribution in [3.8, 4) is 0 Å². The van der Waals surface area contributed by atoms with E-state index in [1.54, 1.807) is 12.1 Å². The molecule has 0 heterocycles. The lowest BCUT2D eigenvalue weighted by Gasteiger charge is -2.05. The van der Waals surface area contributed by atoms with Gasteiger partial charge in [-0.1, -0.05) is 6.07 Å². The van der Waals surface area contributed by atoms with Gasteiger partial charge in [0.05, 0.1) is 11.8 Å². The molecule has 0 saturated heterocycles. The van der Waals surface area contributed by atoms with Crippen LogP contribution in [-0.4, -0.2) is 22.9 Å². The average Bonchev–Trinajstić information content (AvgIpc) is 3.09. The largest absolute Gasteiger partial charge is 0.481 e. The van der Waals surface area contributed by atoms with Crippen molar-refractivity contribution < 1.29 is 19.5 Å². The van der Waals surface area contributed by atoms with Gasteiger partial charge in [0, 0.05) is 11.3 Å². The minimum Gasteiger partial charge on any atom is -0.481 e. The first kappa shape index (κ1) is 12.1. The van der Waals surface area contributed by atoms with Gasteiger partial charge in [-0.2, -0.15) is 0 Å². The second kappa shape index (κ2) is 4.48. The molecular weight excluding hydrogens is 236 g/mol. The Balaban J connectivity index is 2.02. The van der Waals surface area contributed by atoms with Crippen molar-refractivity contribution in [2.75, 3.05) is 5.32 Å². The lowest BCUT2D eigenvalue weighted by molar-refractivity contribution is -0.139. The number of carbonyl (C=O) groups is 3. The second-order valence-corrected chi connectivity index (χ2v) is 4.22. The third-order valence-corrected chi connectivity index (χ3v) is 2.86. The molecule has 0 aromatic heterocycles. The lowest BCUT2D eigenvalue weighted by atomic mass is 10.2. The zero-order valence-electron chi connectivity index (χ0n) is 9.42. The number of amides is 2. The Morgan fingerprint density at radius 1 is 1.28 bits per heavy atom. The van der Waals surface area contributed by atoms with Crippen LogP contribution >= 0.6 is 0 Å². The van der Waals surface area contributed by atoms with Crippen LogP contribution in [0.4, 0.5) is 5.69 Å². The molecule has 2 atom stereocenters. The fraction of sp³-hybridized carbons (Fsp3) is 0.250. The van der Waals surface area contributed by atoms with E-state index < -0.39 is 23.7 Å². The highest BCUT2D eigenvalue weighted by atomic mass is 16.4. The quantitative estimate of drug-likeness (QED) is 0.718. The lowest BCUT2D eigenvalue weighted by Crippen LogP contribution is -2.17. The summed E-state index contributed by atoms with van der Waals surface area (Å²) < 4.78 is 0. The SMILES string of the molecule is NC(=O)c1cccc(NC(=O)[C@@H]2C[C@@H]2C(=O)O)c1. The normalized spacial score (nSPS) is 21.1. The van der Waals surface area contributed by atoms with E-state index in [9.17, 15) is 14.4 Å². The summed E-state index contributed by atoms with van der Waals surface area (Å²) >= 11 is 0. The van der Waals surface area contributed by atoms with Crippen molar-refractivity contribution >= 4 is 23.5 Å². The molecule has 1 fully saturated rings. The van der Waals surface area contributed by atoms with E-state index in [1.807, 2.05) is 0 Å². The Morgan fingerprint density at radius 2 is 2.00 bits per heavy atom. The van der Waals surface area contributed by atoms with Crippen molar-refractivity contribution in [2.24, 2.45) is 17.6 Å². The average molecular weight is 248 g/mol. The number of anilines is 1. The van der Waals surface area contributed by atoms with Crippen molar-refractivity contribution in [3.05, 3.63) is 29.8 Å². The van der Waals surface area contributed by atoms with Gasteiger partial charge in [-0.15, -0.1) is 0 Å². The number of carboxylic acid groups (broad SMARTS) is 1. The van der Waals surface area contributed by atoms with E-state index in [1.165, 1.54) is 12.1 Å². The third-order valence-electron chi connectivity index (χ3n) is 2.86. The topological polar surface area (TPSA) is 109 Å². The molecule has 2 amide bonds. The molecule has 2 rings (SSSR count). The summed E-state index contributed by atoms with van der Waals surface area (Å²) in [5.41, 5.74) is 5.85. The van der Waals surface area contributed by atoms with E-state index in [-0.39, 0.29) is 5.91 Å². The number of benzene rings is 1. The van der Waals surface area contributed by atoms with E-state index in [0.717, 1.165) is 0 Å². The van der Waals surface area contributed by atoms with Crippen LogP contribution in [0.1, 0.15) is 16.8 Å². The van der Waals surface area contributed by atoms with Crippen molar-refractivity contribution in [3.63, 3.8) is 0 Å². The Hall–Kier alpha value is -2.37. The van der Waals surface area contributed by atoms with E-state index >= 15 is 0 Å². The number of rotatable bonds is 4. The number of carboxylic acids is 1. The molecule has 1 aliphatic carbocycles. The molecule has 0 aliphatic heterocycles. The van der Waals surface area contributed by atoms with Crippen LogP contribution in [-0.2, 0) is 9.59 Å². The zero-order chi connectivity index (χ0) is 13.3. The fourth-order valence-corrected chi connectivity index (χ4v) is 1.74. The first-order valence-corrected chi connectivity index (χ1v) is 5.42. The van der Waals surface area contributed by atoms with Crippen molar-refractivity contribution in [1.82, 2.24) is 0 Å². The van der Waals surface area contributed by atoms with Gasteiger partial charge in [-0.3, -0.25) is 14.4 Å². The number of nitrogens with one attached hydrogen (secondary N) is 1. The van der Waals surface area contributed by atoms with Gasteiger partial charge < -0.3 is 16.2 Å². The molecule has 6 heteroatoms. The Labute approximate surface area is 103 Å². The number of carbonyl (C=O) groups excluding carboxylic acids is 2. The van der Waals surface area contributed by atoms with Crippen LogP contribution in [0.3, 0.4) is 0 Å². The number of primary amides is 1. The maximum absolute atomic E-state index is 11.7. The summed E-state index contributed by atoms with van der Waals surface area (Å²) in [5, 5.41) is 11.3. The molecule has 0 unspecified atom stereocenters. The van der Waals surface area contributed by atoms with Crippen LogP contribution in [0.25, 0.3) is 0 Å². The summed E-state index contributed by atoms with van der Waals surface area (Å²) in [6, 6.07) is 6.20. The summed E-state index contributed by atoms with van der Waals surface area (Å²) in [4.78, 5) is 33.3. The summed E-state index contributed by atoms with van der Waals surface area (Å²) in [6.45, 7) is 0. The second-order valence-electron chi connectivity index (χ2n) is 4.22. The van der Waals surface area contributed by atoms with Gasteiger partial charge in [-0.05, 0) is 24.6 Å². The zero-order valence-corrected chi connectivity index (χ0v) is 9.42. The van der Waals surface area contributed by atoms with Gasteiger partial charge in [0.2, 0.25) is 11.8 Å². The molecule has 0 radical (unpaired) electrons. The molecular formula is C12H12N2O4. The Morgan fingerprint density at radius 3 is 2.56 bits per heavy atom. The molecule has 0 bridgehead atoms. The standard InChI is InChI=1S/C12H12N2O4/c13-10(15)6-2-1-3-7(4-6)14-11(16)8-5-9(8)12(17)18/h1-4,8-9H,5H2,(H2,13,15)(H,14,16)(H,17,18)/t8-,9+/m1/s1. The molecule has 0 spiro atoms. The summed E-state index contributed by atoms with van der Waals surface area (Å²) in [6.07, 6.45) is 0.358. The maximum Gasteiger partial charge on any atom is 0.307 e. The van der Waals surface area contributed by atoms with Gasteiger partial charge in [0.15, 0.2) is 0 Å². The van der Waals surface area contributed by atoms with E-state index in [4.69, 9.17) is 10.8 Å². The van der Waals surface area contributed by atoms with Gasteiger partial charge in [0.1, 0.15) is 0 Å². The van der Waals surface area contributed by atoms with E-state index in [2.05, 4.69) is 5.32 Å². The molecule has 18 heavy (non-hydrogen) atoms. The molecule has 1 saturated carbocycles. The summed E-state index contributed by atoms with van der Waals surface area (Å²) in [5.74, 6) is -2.96. The first-order valence-electron chi connectivity index (χ1n) is 5.42. The minimum atomic E-state index is -0.957. The maximum atomic E-state index is 11.7. The van der Waals surface area contributed by atoms with Gasteiger partial charge in [-0.25, -0.2) is 0 Å². The molecule has 6 nitrogen and oxygen atoms in total. The number of nitrogens with two attached hydrogens (primary N) is 1. The number of aliphatic carboxylic acids is 1. The van der Waals surface area contributed by atoms with Gasteiger partial charge in [0.25, 0.3) is 0 Å². The van der Waals surface area contributed by atoms with Crippen LogP contribution in [0, 0.1) is 11.8 Å². The first-order chi connectivity index (χ1) is 8.49. The van der Waals surface area contributed by atoms with Crippen molar-refractivity contribution in [2.45, 2.75) is 6.42 Å². The van der Waals surface area contributed by atoms with Crippen LogP contribution < -0.4 is 11.1 Å². The predicted octanol–water partition coefficient (Wildman–Crippen LogP) is 0.445. The van der Waals surface area contributed by atoms with Crippen LogP contribution in [0.15, 0.2) is 24.3 Å². The monoisotopic (exact) mass is 248 g/mol. The molecule has 94 valence electrons. The molecule has 1 aromatic carbocycles.